The first-order chi connectivity index (χ1) is 6.33. The van der Waals surface area contributed by atoms with Gasteiger partial charge in [0, 0.05) is 18.1 Å². The molecule has 0 N–H and O–H groups in total. The molecule has 1 fully saturated rings. The highest BCUT2D eigenvalue weighted by molar-refractivity contribution is 5.09. The highest BCUT2D eigenvalue weighted by Gasteiger charge is 2.35. The molecule has 1 heteroatoms. The first kappa shape index (κ1) is 9.26. The second kappa shape index (κ2) is 3.83. The molecule has 13 heavy (non-hydrogen) atoms. The Balaban J connectivity index is 2.03. The molecule has 1 nitrogen and oxygen atoms in total. The first-order valence-corrected chi connectivity index (χ1v) is 5.77. The lowest BCUT2D eigenvalue weighted by Crippen LogP contribution is -2.43. The molecule has 3 unspecified atom stereocenters. The van der Waals surface area contributed by atoms with Gasteiger partial charge in [0.2, 0.25) is 0 Å². The van der Waals surface area contributed by atoms with Gasteiger partial charge in [-0.15, -0.1) is 0 Å². The Morgan fingerprint density at radius 2 is 2.31 bits per heavy atom. The zero-order valence-corrected chi connectivity index (χ0v) is 8.87. The van der Waals surface area contributed by atoms with Crippen LogP contribution in [0.3, 0.4) is 0 Å². The lowest BCUT2D eigenvalue weighted by atomic mass is 10.0. The zero-order chi connectivity index (χ0) is 9.26. The summed E-state index contributed by atoms with van der Waals surface area (Å²) >= 11 is 0. The van der Waals surface area contributed by atoms with E-state index >= 15 is 0 Å². The fraction of sp³-hybridized carbons (Fsp3) is 0.833. The van der Waals surface area contributed by atoms with Crippen LogP contribution in [0.4, 0.5) is 0 Å². The summed E-state index contributed by atoms with van der Waals surface area (Å²) < 4.78 is 0. The fourth-order valence-corrected chi connectivity index (χ4v) is 3.01. The molecule has 3 atom stereocenters. The summed E-state index contributed by atoms with van der Waals surface area (Å²) in [5, 5.41) is 0. The molecule has 2 rings (SSSR count). The summed E-state index contributed by atoms with van der Waals surface area (Å²) in [6, 6.07) is 2.45. The molecular formula is C12H21N. The summed E-state index contributed by atoms with van der Waals surface area (Å²) in [5.41, 5.74) is 0. The number of hydrogen-bond acceptors (Lipinski definition) is 1. The molecule has 0 aromatic heterocycles. The van der Waals surface area contributed by atoms with Gasteiger partial charge in [-0.1, -0.05) is 25.5 Å². The number of hydrogen-bond donors (Lipinski definition) is 0. The Morgan fingerprint density at radius 3 is 3.00 bits per heavy atom. The molecule has 74 valence electrons. The summed E-state index contributed by atoms with van der Waals surface area (Å²) in [7, 11) is 0. The van der Waals surface area contributed by atoms with E-state index in [1.165, 1.54) is 32.1 Å². The minimum Gasteiger partial charge on any atom is -0.291 e. The molecule has 1 saturated heterocycles. The van der Waals surface area contributed by atoms with E-state index in [0.29, 0.717) is 0 Å². The van der Waals surface area contributed by atoms with Gasteiger partial charge < -0.3 is 0 Å². The van der Waals surface area contributed by atoms with Gasteiger partial charge in [-0.05, 0) is 32.6 Å². The van der Waals surface area contributed by atoms with E-state index in [-0.39, 0.29) is 0 Å². The van der Waals surface area contributed by atoms with Crippen LogP contribution in [-0.4, -0.2) is 23.0 Å². The van der Waals surface area contributed by atoms with Crippen molar-refractivity contribution < 1.29 is 0 Å². The van der Waals surface area contributed by atoms with Crippen LogP contribution in [0.2, 0.25) is 0 Å². The Labute approximate surface area is 81.8 Å². The average Bonchev–Trinajstić information content (AvgIpc) is 2.37. The molecule has 0 radical (unpaired) electrons. The van der Waals surface area contributed by atoms with E-state index in [9.17, 15) is 0 Å². The average molecular weight is 179 g/mol. The van der Waals surface area contributed by atoms with Gasteiger partial charge in [0.15, 0.2) is 0 Å². The van der Waals surface area contributed by atoms with Crippen LogP contribution in [0.1, 0.15) is 46.0 Å². The number of nitrogens with zero attached hydrogens (tertiary/aromatic N) is 1. The maximum absolute atomic E-state index is 2.75. The zero-order valence-electron chi connectivity index (χ0n) is 8.87. The van der Waals surface area contributed by atoms with E-state index in [2.05, 4.69) is 30.9 Å². The minimum absolute atomic E-state index is 0.778. The van der Waals surface area contributed by atoms with Gasteiger partial charge in [-0.25, -0.2) is 0 Å². The second-order valence-electron chi connectivity index (χ2n) is 4.55. The van der Waals surface area contributed by atoms with E-state index in [4.69, 9.17) is 0 Å². The largest absolute Gasteiger partial charge is 0.291 e. The van der Waals surface area contributed by atoms with Gasteiger partial charge in [0.1, 0.15) is 0 Å². The van der Waals surface area contributed by atoms with Crippen molar-refractivity contribution in [3.05, 3.63) is 12.2 Å². The predicted molar refractivity (Wildman–Crippen MR) is 56.8 cm³/mol. The van der Waals surface area contributed by atoms with Crippen molar-refractivity contribution in [3.8, 4) is 0 Å². The lowest BCUT2D eigenvalue weighted by molar-refractivity contribution is 0.144. The monoisotopic (exact) mass is 179 g/mol. The minimum atomic E-state index is 0.778. The fourth-order valence-electron chi connectivity index (χ4n) is 3.01. The van der Waals surface area contributed by atoms with Crippen LogP contribution >= 0.6 is 0 Å². The van der Waals surface area contributed by atoms with E-state index in [0.717, 1.165) is 18.1 Å². The molecule has 0 aliphatic carbocycles. The third kappa shape index (κ3) is 1.67. The predicted octanol–water partition coefficient (Wildman–Crippen LogP) is 2.97. The molecule has 2 heterocycles. The Bertz CT molecular complexity index is 197. The third-order valence-corrected chi connectivity index (χ3v) is 3.58. The number of rotatable bonds is 3. The molecule has 2 bridgehead atoms. The SMILES string of the molecule is CCCC(C)N1C2C=CCC1CC2. The molecule has 0 aromatic carbocycles. The number of fused-ring (bicyclic) bond motifs is 2. The third-order valence-electron chi connectivity index (χ3n) is 3.58. The highest BCUT2D eigenvalue weighted by atomic mass is 15.2. The highest BCUT2D eigenvalue weighted by Crippen LogP contribution is 2.34. The molecule has 0 amide bonds. The lowest BCUT2D eigenvalue weighted by Gasteiger charge is -2.36. The van der Waals surface area contributed by atoms with Crippen molar-refractivity contribution in [1.29, 1.82) is 0 Å². The standard InChI is InChI=1S/C12H21N/c1-3-5-10(2)13-11-6-4-7-12(13)9-8-11/h4,6,10-12H,3,5,7-9H2,1-2H3. The maximum Gasteiger partial charge on any atom is 0.0284 e. The second-order valence-corrected chi connectivity index (χ2v) is 4.55. The van der Waals surface area contributed by atoms with Crippen molar-refractivity contribution >= 4 is 0 Å². The molecular weight excluding hydrogens is 158 g/mol. The van der Waals surface area contributed by atoms with Crippen molar-refractivity contribution in [1.82, 2.24) is 4.90 Å². The van der Waals surface area contributed by atoms with Crippen LogP contribution in [0.5, 0.6) is 0 Å². The van der Waals surface area contributed by atoms with E-state index in [1.54, 1.807) is 0 Å². The normalized spacial score (nSPS) is 35.2. The topological polar surface area (TPSA) is 3.24 Å². The van der Waals surface area contributed by atoms with Crippen LogP contribution < -0.4 is 0 Å². The van der Waals surface area contributed by atoms with Gasteiger partial charge in [0.05, 0.1) is 0 Å². The Kier molecular flexibility index (Phi) is 2.73. The van der Waals surface area contributed by atoms with Gasteiger partial charge >= 0.3 is 0 Å². The molecule has 0 saturated carbocycles. The molecule has 2 aliphatic heterocycles. The quantitative estimate of drug-likeness (QED) is 0.602. The Hall–Kier alpha value is -0.300. The molecule has 0 aromatic rings. The smallest absolute Gasteiger partial charge is 0.0284 e. The van der Waals surface area contributed by atoms with E-state index in [1.807, 2.05) is 0 Å². The molecule has 0 spiro atoms. The summed E-state index contributed by atoms with van der Waals surface area (Å²) in [6.07, 6.45) is 11.6. The maximum atomic E-state index is 2.75. The Morgan fingerprint density at radius 1 is 1.46 bits per heavy atom. The van der Waals surface area contributed by atoms with Crippen molar-refractivity contribution in [2.75, 3.05) is 0 Å². The van der Waals surface area contributed by atoms with Crippen LogP contribution in [0.15, 0.2) is 12.2 Å². The van der Waals surface area contributed by atoms with Crippen LogP contribution in [-0.2, 0) is 0 Å². The van der Waals surface area contributed by atoms with Crippen LogP contribution in [0, 0.1) is 0 Å². The summed E-state index contributed by atoms with van der Waals surface area (Å²) in [5.74, 6) is 0. The summed E-state index contributed by atoms with van der Waals surface area (Å²) in [6.45, 7) is 4.69. The molecule has 2 aliphatic rings. The summed E-state index contributed by atoms with van der Waals surface area (Å²) in [4.78, 5) is 2.75. The van der Waals surface area contributed by atoms with Gasteiger partial charge in [-0.3, -0.25) is 4.90 Å². The van der Waals surface area contributed by atoms with E-state index < -0.39 is 0 Å². The van der Waals surface area contributed by atoms with Gasteiger partial charge in [0.25, 0.3) is 0 Å². The van der Waals surface area contributed by atoms with Crippen molar-refractivity contribution in [2.45, 2.75) is 64.1 Å². The first-order valence-electron chi connectivity index (χ1n) is 5.77. The van der Waals surface area contributed by atoms with Crippen LogP contribution in [0.25, 0.3) is 0 Å². The van der Waals surface area contributed by atoms with Gasteiger partial charge in [-0.2, -0.15) is 0 Å². The van der Waals surface area contributed by atoms with Crippen molar-refractivity contribution in [3.63, 3.8) is 0 Å². The van der Waals surface area contributed by atoms with Crippen molar-refractivity contribution in [2.24, 2.45) is 0 Å².